The number of amides is 2. The maximum Gasteiger partial charge on any atom is 0.426 e. The number of methoxy groups -OCH3 is 1. The van der Waals surface area contributed by atoms with Gasteiger partial charge in [-0.15, -0.1) is 0 Å². The molecule has 30 heavy (non-hydrogen) atoms. The summed E-state index contributed by atoms with van der Waals surface area (Å²) in [6.45, 7) is 0.150. The molecule has 0 fully saturated rings. The number of nitrogens with one attached hydrogen (secondary N) is 2. The summed E-state index contributed by atoms with van der Waals surface area (Å²) in [5.74, 6) is -0.281. The van der Waals surface area contributed by atoms with Gasteiger partial charge in [0.2, 0.25) is 0 Å². The molecule has 0 spiro atoms. The van der Waals surface area contributed by atoms with Gasteiger partial charge in [-0.25, -0.2) is 10.2 Å². The van der Waals surface area contributed by atoms with Crippen molar-refractivity contribution in [1.82, 2.24) is 10.9 Å². The Hall–Kier alpha value is -4.00. The SMILES string of the molecule is COc1ccc(N)cc1C(=O)NNC(=O)OCC1c2ccccc2-c2ccccc21. The predicted octanol–water partition coefficient (Wildman–Crippen LogP) is 3.46. The molecule has 0 unspecified atom stereocenters. The number of ether oxygens (including phenoxy) is 2. The number of hydrazine groups is 1. The van der Waals surface area contributed by atoms with Gasteiger partial charge in [-0.3, -0.25) is 10.2 Å². The van der Waals surface area contributed by atoms with E-state index in [2.05, 4.69) is 23.0 Å². The van der Waals surface area contributed by atoms with Crippen molar-refractivity contribution in [2.75, 3.05) is 19.5 Å². The molecule has 0 radical (unpaired) electrons. The topological polar surface area (TPSA) is 103 Å². The zero-order valence-corrected chi connectivity index (χ0v) is 16.3. The third kappa shape index (κ3) is 3.65. The molecule has 152 valence electrons. The van der Waals surface area contributed by atoms with Crippen molar-refractivity contribution in [3.8, 4) is 16.9 Å². The molecule has 0 atom stereocenters. The van der Waals surface area contributed by atoms with E-state index in [1.165, 1.54) is 13.2 Å². The molecule has 7 heteroatoms. The van der Waals surface area contributed by atoms with E-state index in [1.807, 2.05) is 36.4 Å². The summed E-state index contributed by atoms with van der Waals surface area (Å²) in [6, 6.07) is 20.8. The largest absolute Gasteiger partial charge is 0.496 e. The summed E-state index contributed by atoms with van der Waals surface area (Å²) in [7, 11) is 1.45. The summed E-state index contributed by atoms with van der Waals surface area (Å²) < 4.78 is 10.5. The Morgan fingerprint density at radius 2 is 1.57 bits per heavy atom. The van der Waals surface area contributed by atoms with Gasteiger partial charge >= 0.3 is 6.09 Å². The molecule has 1 aliphatic carbocycles. The monoisotopic (exact) mass is 403 g/mol. The highest BCUT2D eigenvalue weighted by molar-refractivity contribution is 5.98. The van der Waals surface area contributed by atoms with E-state index >= 15 is 0 Å². The number of rotatable bonds is 4. The normalized spacial score (nSPS) is 11.9. The van der Waals surface area contributed by atoms with Crippen LogP contribution in [-0.4, -0.2) is 25.7 Å². The second kappa shape index (κ2) is 8.16. The van der Waals surface area contributed by atoms with Gasteiger partial charge in [-0.05, 0) is 40.5 Å². The highest BCUT2D eigenvalue weighted by atomic mass is 16.6. The molecule has 3 aromatic rings. The average Bonchev–Trinajstić information content (AvgIpc) is 3.10. The van der Waals surface area contributed by atoms with Gasteiger partial charge in [0.05, 0.1) is 12.7 Å². The zero-order chi connectivity index (χ0) is 21.1. The molecule has 0 saturated heterocycles. The number of hydrogen-bond acceptors (Lipinski definition) is 5. The van der Waals surface area contributed by atoms with Crippen LogP contribution in [0.25, 0.3) is 11.1 Å². The number of hydrogen-bond donors (Lipinski definition) is 3. The maximum absolute atomic E-state index is 12.4. The Kier molecular flexibility index (Phi) is 5.26. The molecular weight excluding hydrogens is 382 g/mol. The van der Waals surface area contributed by atoms with Crippen molar-refractivity contribution in [1.29, 1.82) is 0 Å². The van der Waals surface area contributed by atoms with Crippen LogP contribution in [0.1, 0.15) is 27.4 Å². The highest BCUT2D eigenvalue weighted by Crippen LogP contribution is 2.44. The lowest BCUT2D eigenvalue weighted by molar-refractivity contribution is 0.0905. The van der Waals surface area contributed by atoms with Crippen LogP contribution in [0.3, 0.4) is 0 Å². The third-order valence-corrected chi connectivity index (χ3v) is 5.09. The molecule has 2 amide bonds. The van der Waals surface area contributed by atoms with Gasteiger partial charge in [0.25, 0.3) is 5.91 Å². The van der Waals surface area contributed by atoms with Crippen LogP contribution < -0.4 is 21.3 Å². The smallest absolute Gasteiger partial charge is 0.426 e. The van der Waals surface area contributed by atoms with Crippen molar-refractivity contribution in [2.45, 2.75) is 5.92 Å². The fourth-order valence-corrected chi connectivity index (χ4v) is 3.71. The van der Waals surface area contributed by atoms with Crippen molar-refractivity contribution in [3.05, 3.63) is 83.4 Å². The van der Waals surface area contributed by atoms with Crippen molar-refractivity contribution < 1.29 is 19.1 Å². The van der Waals surface area contributed by atoms with Gasteiger partial charge in [0.1, 0.15) is 12.4 Å². The van der Waals surface area contributed by atoms with Gasteiger partial charge in [0, 0.05) is 11.6 Å². The highest BCUT2D eigenvalue weighted by Gasteiger charge is 2.29. The molecule has 3 aromatic carbocycles. The van der Waals surface area contributed by atoms with Crippen LogP contribution in [0.5, 0.6) is 5.75 Å². The van der Waals surface area contributed by atoms with E-state index in [-0.39, 0.29) is 18.1 Å². The van der Waals surface area contributed by atoms with E-state index < -0.39 is 12.0 Å². The van der Waals surface area contributed by atoms with Crippen molar-refractivity contribution >= 4 is 17.7 Å². The maximum atomic E-state index is 12.4. The van der Waals surface area contributed by atoms with Crippen LogP contribution in [0.15, 0.2) is 66.7 Å². The average molecular weight is 403 g/mol. The first kappa shape index (κ1) is 19.3. The minimum Gasteiger partial charge on any atom is -0.496 e. The number of fused-ring (bicyclic) bond motifs is 3. The molecule has 0 bridgehead atoms. The first-order chi connectivity index (χ1) is 14.6. The fraction of sp³-hybridized carbons (Fsp3) is 0.130. The minimum absolute atomic E-state index is 0.0622. The van der Waals surface area contributed by atoms with Crippen LogP contribution in [-0.2, 0) is 4.74 Å². The standard InChI is InChI=1S/C23H21N3O4/c1-29-21-11-10-14(24)12-19(21)22(27)25-26-23(28)30-13-20-17-8-4-2-6-15(17)16-7-3-5-9-18(16)20/h2-12,20H,13,24H2,1H3,(H,25,27)(H,26,28). The molecule has 7 nitrogen and oxygen atoms in total. The third-order valence-electron chi connectivity index (χ3n) is 5.09. The van der Waals surface area contributed by atoms with Crippen LogP contribution in [0.4, 0.5) is 10.5 Å². The van der Waals surface area contributed by atoms with E-state index in [9.17, 15) is 9.59 Å². The number of nitrogen functional groups attached to an aromatic ring is 1. The van der Waals surface area contributed by atoms with Crippen LogP contribution in [0.2, 0.25) is 0 Å². The summed E-state index contributed by atoms with van der Waals surface area (Å²) in [5, 5.41) is 0. The van der Waals surface area contributed by atoms with Crippen molar-refractivity contribution in [3.63, 3.8) is 0 Å². The number of carbonyl (C=O) groups is 2. The van der Waals surface area contributed by atoms with Gasteiger partial charge in [-0.2, -0.15) is 0 Å². The summed E-state index contributed by atoms with van der Waals surface area (Å²) in [5.41, 5.74) is 15.4. The fourth-order valence-electron chi connectivity index (χ4n) is 3.71. The first-order valence-electron chi connectivity index (χ1n) is 9.43. The lowest BCUT2D eigenvalue weighted by Crippen LogP contribution is -2.42. The van der Waals surface area contributed by atoms with Gasteiger partial charge in [0.15, 0.2) is 0 Å². The molecule has 0 aliphatic heterocycles. The van der Waals surface area contributed by atoms with E-state index in [0.29, 0.717) is 11.4 Å². The number of anilines is 1. The van der Waals surface area contributed by atoms with Crippen LogP contribution in [0, 0.1) is 0 Å². The lowest BCUT2D eigenvalue weighted by Gasteiger charge is -2.15. The molecule has 4 rings (SSSR count). The van der Waals surface area contributed by atoms with E-state index in [4.69, 9.17) is 15.2 Å². The Labute approximate surface area is 173 Å². The molecular formula is C23H21N3O4. The Morgan fingerprint density at radius 1 is 0.933 bits per heavy atom. The number of carbonyl (C=O) groups excluding carboxylic acids is 2. The zero-order valence-electron chi connectivity index (χ0n) is 16.3. The van der Waals surface area contributed by atoms with Crippen molar-refractivity contribution in [2.24, 2.45) is 0 Å². The summed E-state index contributed by atoms with van der Waals surface area (Å²) in [6.07, 6.45) is -0.756. The Balaban J connectivity index is 1.39. The second-order valence-corrected chi connectivity index (χ2v) is 6.86. The van der Waals surface area contributed by atoms with Gasteiger partial charge in [-0.1, -0.05) is 48.5 Å². The molecule has 1 aliphatic rings. The molecule has 0 heterocycles. The summed E-state index contributed by atoms with van der Waals surface area (Å²) >= 11 is 0. The summed E-state index contributed by atoms with van der Waals surface area (Å²) in [4.78, 5) is 24.5. The Morgan fingerprint density at radius 3 is 2.20 bits per heavy atom. The quantitative estimate of drug-likeness (QED) is 0.457. The van der Waals surface area contributed by atoms with E-state index in [0.717, 1.165) is 22.3 Å². The number of benzene rings is 3. The number of nitrogens with two attached hydrogens (primary N) is 1. The lowest BCUT2D eigenvalue weighted by atomic mass is 9.98. The second-order valence-electron chi connectivity index (χ2n) is 6.86. The Bertz CT molecular complexity index is 1070. The molecule has 0 saturated carbocycles. The van der Waals surface area contributed by atoms with E-state index in [1.54, 1.807) is 12.1 Å². The van der Waals surface area contributed by atoms with Crippen LogP contribution >= 0.6 is 0 Å². The first-order valence-corrected chi connectivity index (χ1v) is 9.43. The van der Waals surface area contributed by atoms with Gasteiger partial charge < -0.3 is 15.2 Å². The molecule has 4 N–H and O–H groups in total. The predicted molar refractivity (Wildman–Crippen MR) is 113 cm³/mol. The minimum atomic E-state index is -0.756. The molecule has 0 aromatic heterocycles.